The molecule has 5 heteroatoms. The van der Waals surface area contributed by atoms with Crippen LogP contribution in [0.25, 0.3) is 0 Å². The predicted molar refractivity (Wildman–Crippen MR) is 79.6 cm³/mol. The number of aromatic nitrogens is 1. The van der Waals surface area contributed by atoms with Crippen molar-refractivity contribution in [3.05, 3.63) is 23.9 Å². The molecule has 0 aromatic carbocycles. The van der Waals surface area contributed by atoms with Gasteiger partial charge < -0.3 is 15.4 Å². The van der Waals surface area contributed by atoms with Gasteiger partial charge >= 0.3 is 0 Å². The largest absolute Gasteiger partial charge is 0.481 e. The fourth-order valence-corrected chi connectivity index (χ4v) is 1.57. The monoisotopic (exact) mass is 279 g/mol. The van der Waals surface area contributed by atoms with Gasteiger partial charge in [-0.3, -0.25) is 4.79 Å². The quantitative estimate of drug-likeness (QED) is 0.800. The fraction of sp³-hybridized carbons (Fsp3) is 0.600. The lowest BCUT2D eigenvalue weighted by molar-refractivity contribution is -0.124. The van der Waals surface area contributed by atoms with Crippen LogP contribution in [-0.4, -0.2) is 29.6 Å². The molecule has 0 fully saturated rings. The number of amides is 1. The molecule has 0 saturated carbocycles. The molecular weight excluding hydrogens is 254 g/mol. The minimum absolute atomic E-state index is 0.0119. The number of hydrogen-bond acceptors (Lipinski definition) is 4. The fourth-order valence-electron chi connectivity index (χ4n) is 1.57. The van der Waals surface area contributed by atoms with Gasteiger partial charge in [0.25, 0.3) is 0 Å². The van der Waals surface area contributed by atoms with Crippen molar-refractivity contribution in [2.24, 2.45) is 0 Å². The van der Waals surface area contributed by atoms with Crippen LogP contribution >= 0.6 is 0 Å². The van der Waals surface area contributed by atoms with Crippen LogP contribution in [0, 0.1) is 0 Å². The maximum absolute atomic E-state index is 12.1. The Hall–Kier alpha value is -1.62. The van der Waals surface area contributed by atoms with Gasteiger partial charge in [0.15, 0.2) is 0 Å². The van der Waals surface area contributed by atoms with E-state index in [9.17, 15) is 4.79 Å². The molecule has 0 saturated heterocycles. The third-order valence-electron chi connectivity index (χ3n) is 3.36. The van der Waals surface area contributed by atoms with Crippen molar-refractivity contribution in [1.82, 2.24) is 15.6 Å². The van der Waals surface area contributed by atoms with Crippen molar-refractivity contribution in [1.29, 1.82) is 0 Å². The van der Waals surface area contributed by atoms with Gasteiger partial charge in [-0.2, -0.15) is 0 Å². The maximum Gasteiger partial charge on any atom is 0.237 e. The average Bonchev–Trinajstić information content (AvgIpc) is 2.44. The highest BCUT2D eigenvalue weighted by Gasteiger charge is 2.21. The molecule has 1 atom stereocenters. The molecule has 0 aliphatic carbocycles. The number of nitrogens with zero attached hydrogens (tertiary/aromatic N) is 1. The van der Waals surface area contributed by atoms with Gasteiger partial charge in [-0.15, -0.1) is 0 Å². The van der Waals surface area contributed by atoms with Crippen LogP contribution in [0.3, 0.4) is 0 Å². The summed E-state index contributed by atoms with van der Waals surface area (Å²) in [6, 6.07) is 3.50. The Balaban J connectivity index is 2.50. The minimum Gasteiger partial charge on any atom is -0.481 e. The van der Waals surface area contributed by atoms with E-state index in [1.54, 1.807) is 13.3 Å². The molecule has 1 heterocycles. The van der Waals surface area contributed by atoms with Crippen LogP contribution in [0.1, 0.15) is 39.7 Å². The summed E-state index contributed by atoms with van der Waals surface area (Å²) in [6.07, 6.45) is 2.59. The molecule has 1 unspecified atom stereocenters. The van der Waals surface area contributed by atoms with Crippen LogP contribution < -0.4 is 15.4 Å². The number of rotatable bonds is 7. The Kier molecular flexibility index (Phi) is 5.95. The first kappa shape index (κ1) is 16.4. The normalized spacial score (nSPS) is 12.8. The Morgan fingerprint density at radius 1 is 1.50 bits per heavy atom. The van der Waals surface area contributed by atoms with E-state index in [0.29, 0.717) is 12.4 Å². The van der Waals surface area contributed by atoms with Crippen LogP contribution in [0.5, 0.6) is 5.88 Å². The minimum atomic E-state index is -0.250. The maximum atomic E-state index is 12.1. The lowest BCUT2D eigenvalue weighted by atomic mass is 10.0. The van der Waals surface area contributed by atoms with Crippen molar-refractivity contribution in [3.63, 3.8) is 0 Å². The molecule has 0 aliphatic rings. The highest BCUT2D eigenvalue weighted by Crippen LogP contribution is 2.09. The third kappa shape index (κ3) is 5.17. The SMILES string of the molecule is CCC(C)(C)NC(=O)C(C)NCc1ccnc(OC)c1. The van der Waals surface area contributed by atoms with Gasteiger partial charge in [0.05, 0.1) is 13.2 Å². The zero-order valence-corrected chi connectivity index (χ0v) is 13.0. The van der Waals surface area contributed by atoms with Gasteiger partial charge in [-0.05, 0) is 38.8 Å². The summed E-state index contributed by atoms with van der Waals surface area (Å²) in [7, 11) is 1.59. The summed E-state index contributed by atoms with van der Waals surface area (Å²) >= 11 is 0. The highest BCUT2D eigenvalue weighted by molar-refractivity contribution is 5.81. The van der Waals surface area contributed by atoms with Crippen molar-refractivity contribution < 1.29 is 9.53 Å². The lowest BCUT2D eigenvalue weighted by Gasteiger charge is -2.26. The smallest absolute Gasteiger partial charge is 0.237 e. The number of carbonyl (C=O) groups excluding carboxylic acids is 1. The highest BCUT2D eigenvalue weighted by atomic mass is 16.5. The van der Waals surface area contributed by atoms with E-state index in [2.05, 4.69) is 22.5 Å². The van der Waals surface area contributed by atoms with E-state index in [1.807, 2.05) is 32.9 Å². The van der Waals surface area contributed by atoms with E-state index in [-0.39, 0.29) is 17.5 Å². The zero-order valence-electron chi connectivity index (χ0n) is 13.0. The Labute approximate surface area is 121 Å². The number of ether oxygens (including phenoxy) is 1. The van der Waals surface area contributed by atoms with Gasteiger partial charge in [0.2, 0.25) is 11.8 Å². The van der Waals surface area contributed by atoms with Crippen molar-refractivity contribution in [2.45, 2.75) is 52.2 Å². The molecule has 1 amide bonds. The zero-order chi connectivity index (χ0) is 15.2. The molecule has 0 bridgehead atoms. The van der Waals surface area contributed by atoms with E-state index in [1.165, 1.54) is 0 Å². The van der Waals surface area contributed by atoms with E-state index < -0.39 is 0 Å². The number of carbonyl (C=O) groups is 1. The van der Waals surface area contributed by atoms with E-state index in [0.717, 1.165) is 12.0 Å². The lowest BCUT2D eigenvalue weighted by Crippen LogP contribution is -2.50. The summed E-state index contributed by atoms with van der Waals surface area (Å²) in [5, 5.41) is 6.23. The Bertz CT molecular complexity index is 446. The number of nitrogens with one attached hydrogen (secondary N) is 2. The molecule has 1 aromatic rings. The van der Waals surface area contributed by atoms with Gasteiger partial charge in [-0.25, -0.2) is 4.98 Å². The molecule has 0 aliphatic heterocycles. The summed E-state index contributed by atoms with van der Waals surface area (Å²) in [5.41, 5.74) is 0.860. The molecular formula is C15H25N3O2. The standard InChI is InChI=1S/C15H25N3O2/c1-6-15(3,4)18-14(19)11(2)17-10-12-7-8-16-13(9-12)20-5/h7-9,11,17H,6,10H2,1-5H3,(H,18,19). The molecule has 5 nitrogen and oxygen atoms in total. The Morgan fingerprint density at radius 2 is 2.20 bits per heavy atom. The van der Waals surface area contributed by atoms with Gasteiger partial charge in [0.1, 0.15) is 0 Å². The summed E-state index contributed by atoms with van der Waals surface area (Å²) in [6.45, 7) is 8.55. The van der Waals surface area contributed by atoms with E-state index in [4.69, 9.17) is 4.74 Å². The first-order valence-corrected chi connectivity index (χ1v) is 6.92. The number of methoxy groups -OCH3 is 1. The summed E-state index contributed by atoms with van der Waals surface area (Å²) in [4.78, 5) is 16.1. The topological polar surface area (TPSA) is 63.2 Å². The predicted octanol–water partition coefficient (Wildman–Crippen LogP) is 1.87. The molecule has 112 valence electrons. The van der Waals surface area contributed by atoms with Gasteiger partial charge in [0, 0.05) is 24.3 Å². The Morgan fingerprint density at radius 3 is 2.80 bits per heavy atom. The summed E-state index contributed by atoms with van der Waals surface area (Å²) in [5.74, 6) is 0.589. The average molecular weight is 279 g/mol. The van der Waals surface area contributed by atoms with E-state index >= 15 is 0 Å². The number of pyridine rings is 1. The van der Waals surface area contributed by atoms with Crippen molar-refractivity contribution >= 4 is 5.91 Å². The van der Waals surface area contributed by atoms with Crippen LogP contribution in [0.2, 0.25) is 0 Å². The van der Waals surface area contributed by atoms with Crippen molar-refractivity contribution in [2.75, 3.05) is 7.11 Å². The van der Waals surface area contributed by atoms with Crippen LogP contribution in [0.4, 0.5) is 0 Å². The van der Waals surface area contributed by atoms with Crippen LogP contribution in [0.15, 0.2) is 18.3 Å². The third-order valence-corrected chi connectivity index (χ3v) is 3.36. The van der Waals surface area contributed by atoms with Gasteiger partial charge in [-0.1, -0.05) is 6.92 Å². The molecule has 20 heavy (non-hydrogen) atoms. The molecule has 1 rings (SSSR count). The first-order chi connectivity index (χ1) is 9.38. The molecule has 1 aromatic heterocycles. The molecule has 0 radical (unpaired) electrons. The molecule has 2 N–H and O–H groups in total. The summed E-state index contributed by atoms with van der Waals surface area (Å²) < 4.78 is 5.07. The second kappa shape index (κ2) is 7.24. The number of hydrogen-bond donors (Lipinski definition) is 2. The van der Waals surface area contributed by atoms with Crippen LogP contribution in [-0.2, 0) is 11.3 Å². The first-order valence-electron chi connectivity index (χ1n) is 6.92. The molecule has 0 spiro atoms. The second-order valence-corrected chi connectivity index (χ2v) is 5.54. The second-order valence-electron chi connectivity index (χ2n) is 5.54. The van der Waals surface area contributed by atoms with Crippen molar-refractivity contribution in [3.8, 4) is 5.88 Å².